The van der Waals surface area contributed by atoms with Crippen LogP contribution in [-0.2, 0) is 23.7 Å². The van der Waals surface area contributed by atoms with Gasteiger partial charge in [-0.15, -0.1) is 0 Å². The molecule has 0 saturated carbocycles. The lowest BCUT2D eigenvalue weighted by Crippen LogP contribution is -2.13. The first-order valence-corrected chi connectivity index (χ1v) is 5.70. The smallest absolute Gasteiger partial charge is 0.330 e. The van der Waals surface area contributed by atoms with Crippen LogP contribution in [0.2, 0.25) is 0 Å². The Morgan fingerprint density at radius 3 is 2.00 bits per heavy atom. The summed E-state index contributed by atoms with van der Waals surface area (Å²) in [5.74, 6) is -0.454. The minimum atomic E-state index is -0.454. The maximum Gasteiger partial charge on any atom is 0.330 e. The topological polar surface area (TPSA) is 77.8 Å². The Morgan fingerprint density at radius 1 is 1.00 bits per heavy atom. The molecule has 6 heteroatoms. The first kappa shape index (κ1) is 16.6. The predicted molar refractivity (Wildman–Crippen MR) is 63.8 cm³/mol. The second-order valence-corrected chi connectivity index (χ2v) is 3.12. The fraction of sp³-hybridized carbons (Fsp3) is 0.667. The Labute approximate surface area is 107 Å². The third kappa shape index (κ3) is 12.6. The highest BCUT2D eigenvalue weighted by Gasteiger charge is 1.95. The Kier molecular flexibility index (Phi) is 12.6. The van der Waals surface area contributed by atoms with Crippen molar-refractivity contribution in [1.29, 1.82) is 5.26 Å². The standard InChI is InChI=1S/C12H19NO5/c1-2-12(14)18-11-10-17-9-8-16-7-6-15-5-3-4-13/h2H,1,3,5-11H2. The molecule has 0 rings (SSSR count). The van der Waals surface area contributed by atoms with Gasteiger partial charge in [0.05, 0.1) is 52.1 Å². The predicted octanol–water partition coefficient (Wildman–Crippen LogP) is 0.679. The zero-order valence-corrected chi connectivity index (χ0v) is 10.4. The number of hydrogen-bond donors (Lipinski definition) is 0. The average Bonchev–Trinajstić information content (AvgIpc) is 2.39. The number of nitrogens with zero attached hydrogens (tertiary/aromatic N) is 1. The molecule has 0 aliphatic heterocycles. The monoisotopic (exact) mass is 257 g/mol. The van der Waals surface area contributed by atoms with Crippen LogP contribution in [0.4, 0.5) is 0 Å². The van der Waals surface area contributed by atoms with Gasteiger partial charge in [-0.1, -0.05) is 6.58 Å². The molecule has 0 unspecified atom stereocenters. The molecule has 0 saturated heterocycles. The zero-order chi connectivity index (χ0) is 13.5. The summed E-state index contributed by atoms with van der Waals surface area (Å²) in [4.78, 5) is 10.6. The van der Waals surface area contributed by atoms with Gasteiger partial charge < -0.3 is 18.9 Å². The van der Waals surface area contributed by atoms with E-state index >= 15 is 0 Å². The summed E-state index contributed by atoms with van der Waals surface area (Å²) >= 11 is 0. The van der Waals surface area contributed by atoms with Gasteiger partial charge in [-0.2, -0.15) is 5.26 Å². The molecule has 0 aliphatic carbocycles. The lowest BCUT2D eigenvalue weighted by Gasteiger charge is -2.06. The Bertz CT molecular complexity index is 262. The molecular weight excluding hydrogens is 238 g/mol. The lowest BCUT2D eigenvalue weighted by molar-refractivity contribution is -0.139. The van der Waals surface area contributed by atoms with Crippen molar-refractivity contribution in [2.75, 3.05) is 46.2 Å². The number of hydrogen-bond acceptors (Lipinski definition) is 6. The molecule has 0 heterocycles. The second kappa shape index (κ2) is 13.6. The largest absolute Gasteiger partial charge is 0.460 e. The van der Waals surface area contributed by atoms with Crippen molar-refractivity contribution in [3.05, 3.63) is 12.7 Å². The van der Waals surface area contributed by atoms with Crippen molar-refractivity contribution in [2.45, 2.75) is 6.42 Å². The van der Waals surface area contributed by atoms with E-state index in [1.54, 1.807) is 0 Å². The number of nitriles is 1. The maximum atomic E-state index is 10.6. The lowest BCUT2D eigenvalue weighted by atomic mass is 10.5. The molecule has 0 fully saturated rings. The first-order valence-electron chi connectivity index (χ1n) is 5.70. The van der Waals surface area contributed by atoms with Crippen molar-refractivity contribution >= 4 is 5.97 Å². The third-order valence-corrected chi connectivity index (χ3v) is 1.74. The highest BCUT2D eigenvalue weighted by atomic mass is 16.6. The number of carbonyl (C=O) groups excluding carboxylic acids is 1. The number of carbonyl (C=O) groups is 1. The molecule has 0 aromatic heterocycles. The minimum absolute atomic E-state index is 0.210. The van der Waals surface area contributed by atoms with Gasteiger partial charge in [-0.3, -0.25) is 0 Å². The van der Waals surface area contributed by atoms with Crippen molar-refractivity contribution in [3.63, 3.8) is 0 Å². The van der Waals surface area contributed by atoms with E-state index in [1.165, 1.54) is 0 Å². The fourth-order valence-corrected chi connectivity index (χ4v) is 0.920. The van der Waals surface area contributed by atoms with Crippen LogP contribution in [-0.4, -0.2) is 52.2 Å². The number of ether oxygens (including phenoxy) is 4. The Morgan fingerprint density at radius 2 is 1.50 bits per heavy atom. The highest BCUT2D eigenvalue weighted by Crippen LogP contribution is 1.84. The minimum Gasteiger partial charge on any atom is -0.460 e. The normalized spacial score (nSPS) is 9.72. The fourth-order valence-electron chi connectivity index (χ4n) is 0.920. The summed E-state index contributed by atoms with van der Waals surface area (Å²) < 4.78 is 20.2. The number of rotatable bonds is 12. The average molecular weight is 257 g/mol. The summed E-state index contributed by atoms with van der Waals surface area (Å²) in [5, 5.41) is 8.25. The molecule has 18 heavy (non-hydrogen) atoms. The van der Waals surface area contributed by atoms with Crippen molar-refractivity contribution in [2.24, 2.45) is 0 Å². The van der Waals surface area contributed by atoms with Crippen LogP contribution in [0.5, 0.6) is 0 Å². The van der Waals surface area contributed by atoms with Crippen molar-refractivity contribution in [1.82, 2.24) is 0 Å². The molecule has 0 aromatic rings. The summed E-state index contributed by atoms with van der Waals surface area (Å²) in [7, 11) is 0. The second-order valence-electron chi connectivity index (χ2n) is 3.12. The van der Waals surface area contributed by atoms with E-state index in [2.05, 4.69) is 6.58 Å². The van der Waals surface area contributed by atoms with Crippen LogP contribution in [0.1, 0.15) is 6.42 Å². The van der Waals surface area contributed by atoms with E-state index in [9.17, 15) is 4.79 Å². The molecule has 0 aliphatic rings. The van der Waals surface area contributed by atoms with E-state index in [0.29, 0.717) is 46.1 Å². The number of esters is 1. The highest BCUT2D eigenvalue weighted by molar-refractivity contribution is 5.81. The molecular formula is C12H19NO5. The molecule has 0 bridgehead atoms. The molecule has 0 amide bonds. The van der Waals surface area contributed by atoms with Crippen molar-refractivity contribution < 1.29 is 23.7 Å². The van der Waals surface area contributed by atoms with Crippen LogP contribution in [0.15, 0.2) is 12.7 Å². The van der Waals surface area contributed by atoms with E-state index in [1.807, 2.05) is 6.07 Å². The van der Waals surface area contributed by atoms with E-state index in [-0.39, 0.29) is 6.61 Å². The van der Waals surface area contributed by atoms with Gasteiger partial charge in [0.15, 0.2) is 0 Å². The van der Waals surface area contributed by atoms with Crippen LogP contribution >= 0.6 is 0 Å². The van der Waals surface area contributed by atoms with Crippen LogP contribution < -0.4 is 0 Å². The SMILES string of the molecule is C=CC(=O)OCCOCCOCCOCCC#N. The molecule has 0 radical (unpaired) electrons. The first-order chi connectivity index (χ1) is 8.81. The summed E-state index contributed by atoms with van der Waals surface area (Å²) in [5.41, 5.74) is 0. The molecule has 6 nitrogen and oxygen atoms in total. The Hall–Kier alpha value is -1.42. The Balaban J connectivity index is 3.01. The van der Waals surface area contributed by atoms with E-state index < -0.39 is 5.97 Å². The van der Waals surface area contributed by atoms with Gasteiger partial charge in [0.1, 0.15) is 6.61 Å². The van der Waals surface area contributed by atoms with Gasteiger partial charge in [0.25, 0.3) is 0 Å². The van der Waals surface area contributed by atoms with Gasteiger partial charge in [0, 0.05) is 6.08 Å². The third-order valence-electron chi connectivity index (χ3n) is 1.74. The molecule has 0 N–H and O–H groups in total. The van der Waals surface area contributed by atoms with Crippen LogP contribution in [0.25, 0.3) is 0 Å². The summed E-state index contributed by atoms with van der Waals surface area (Å²) in [6.07, 6.45) is 1.50. The van der Waals surface area contributed by atoms with Crippen LogP contribution in [0.3, 0.4) is 0 Å². The van der Waals surface area contributed by atoms with E-state index in [0.717, 1.165) is 6.08 Å². The van der Waals surface area contributed by atoms with Gasteiger partial charge in [0.2, 0.25) is 0 Å². The van der Waals surface area contributed by atoms with Crippen LogP contribution in [0, 0.1) is 11.3 Å². The van der Waals surface area contributed by atoms with Crippen molar-refractivity contribution in [3.8, 4) is 6.07 Å². The quantitative estimate of drug-likeness (QED) is 0.290. The molecule has 0 atom stereocenters. The van der Waals surface area contributed by atoms with Gasteiger partial charge in [-0.25, -0.2) is 4.79 Å². The molecule has 0 spiro atoms. The molecule has 0 aromatic carbocycles. The van der Waals surface area contributed by atoms with Gasteiger partial charge >= 0.3 is 5.97 Å². The summed E-state index contributed by atoms with van der Waals surface area (Å²) in [6.45, 7) is 6.09. The zero-order valence-electron chi connectivity index (χ0n) is 10.4. The molecule has 102 valence electrons. The maximum absolute atomic E-state index is 10.6. The van der Waals surface area contributed by atoms with E-state index in [4.69, 9.17) is 24.2 Å². The van der Waals surface area contributed by atoms with Gasteiger partial charge in [-0.05, 0) is 0 Å². The summed E-state index contributed by atoms with van der Waals surface area (Å²) in [6, 6.07) is 1.98.